The monoisotopic (exact) mass is 174 g/mol. The van der Waals surface area contributed by atoms with Gasteiger partial charge >= 0.3 is 0 Å². The first kappa shape index (κ1) is 15.9. The van der Waals surface area contributed by atoms with Crippen molar-refractivity contribution >= 4 is 8.03 Å². The van der Waals surface area contributed by atoms with Crippen LogP contribution in [0.3, 0.4) is 0 Å². The molecule has 0 saturated carbocycles. The first-order valence-corrected chi connectivity index (χ1v) is 3.30. The van der Waals surface area contributed by atoms with E-state index in [4.69, 9.17) is 4.89 Å². The van der Waals surface area contributed by atoms with E-state index in [-0.39, 0.29) is 32.9 Å². The van der Waals surface area contributed by atoms with E-state index in [1.807, 2.05) is 0 Å². The number of rotatable bonds is 1. The van der Waals surface area contributed by atoms with Crippen molar-refractivity contribution in [1.82, 2.24) is 0 Å². The molecule has 0 bridgehead atoms. The second-order valence-corrected chi connectivity index (χ2v) is 3.32. The van der Waals surface area contributed by atoms with Crippen molar-refractivity contribution in [2.45, 2.75) is 19.5 Å². The molecule has 1 atom stereocenters. The maximum atomic E-state index is 9.88. The molecule has 0 saturated heterocycles. The minimum atomic E-state index is -2.20. The van der Waals surface area contributed by atoms with Crippen LogP contribution in [-0.2, 0) is 26.3 Å². The van der Waals surface area contributed by atoms with Gasteiger partial charge in [-0.1, -0.05) is 13.8 Å². The van der Waals surface area contributed by atoms with Gasteiger partial charge in [0.05, 0.1) is 0 Å². The summed E-state index contributed by atoms with van der Waals surface area (Å²) in [4.78, 5) is 8.18. The Bertz CT molecular complexity index is 65.5. The van der Waals surface area contributed by atoms with Gasteiger partial charge in [-0.2, -0.15) is 0 Å². The van der Waals surface area contributed by atoms with Crippen LogP contribution >= 0.6 is 8.03 Å². The van der Waals surface area contributed by atoms with Crippen LogP contribution in [0.15, 0.2) is 0 Å². The molecule has 0 aliphatic heterocycles. The van der Waals surface area contributed by atoms with Gasteiger partial charge in [0.1, 0.15) is 0 Å². The zero-order valence-corrected chi connectivity index (χ0v) is 7.49. The third-order valence-corrected chi connectivity index (χ3v) is 1.48. The van der Waals surface area contributed by atoms with Crippen LogP contribution in [0, 0.1) is 0 Å². The Morgan fingerprint density at radius 2 is 1.62 bits per heavy atom. The van der Waals surface area contributed by atoms with E-state index in [0.29, 0.717) is 0 Å². The predicted molar refractivity (Wildman–Crippen MR) is 30.0 cm³/mol. The normalized spacial score (nSPS) is 11.5. The summed E-state index contributed by atoms with van der Waals surface area (Å²) < 4.78 is 9.88. The summed E-state index contributed by atoms with van der Waals surface area (Å²) in [6.45, 7) is 3.45. The second kappa shape index (κ2) is 7.86. The molecular weight excluding hydrogens is 163 g/mol. The van der Waals surface area contributed by atoms with E-state index in [1.165, 1.54) is 0 Å². The van der Waals surface area contributed by atoms with Crippen LogP contribution in [-0.4, -0.2) is 16.0 Å². The molecule has 0 aliphatic rings. The van der Waals surface area contributed by atoms with Gasteiger partial charge in [-0.3, -0.25) is 4.57 Å². The third-order valence-electron chi connectivity index (χ3n) is 0.494. The molecule has 0 heterocycles. The fourth-order valence-electron chi connectivity index (χ4n) is 0. The van der Waals surface area contributed by atoms with E-state index in [2.05, 4.69) is 0 Å². The van der Waals surface area contributed by atoms with Crippen LogP contribution in [0.2, 0.25) is 0 Å². The van der Waals surface area contributed by atoms with Crippen LogP contribution in [0.5, 0.6) is 0 Å². The van der Waals surface area contributed by atoms with E-state index < -0.39 is 8.03 Å². The Morgan fingerprint density at radius 3 is 1.62 bits per heavy atom. The average molecular weight is 174 g/mol. The Kier molecular flexibility index (Phi) is 15.7. The quantitative estimate of drug-likeness (QED) is 0.450. The molecule has 3 N–H and O–H groups in total. The van der Waals surface area contributed by atoms with E-state index in [9.17, 15) is 4.57 Å². The maximum absolute atomic E-state index is 9.88. The van der Waals surface area contributed by atoms with Crippen molar-refractivity contribution in [1.29, 1.82) is 0 Å². The molecule has 5 heteroatoms. The summed E-state index contributed by atoms with van der Waals surface area (Å²) in [7, 11) is -2.20. The summed E-state index contributed by atoms with van der Waals surface area (Å²) in [5.41, 5.74) is -0.0463. The Hall–Kier alpha value is 0.864. The van der Waals surface area contributed by atoms with Crippen molar-refractivity contribution in [3.8, 4) is 0 Å². The first-order chi connectivity index (χ1) is 2.64. The van der Waals surface area contributed by atoms with Crippen molar-refractivity contribution in [3.05, 3.63) is 0 Å². The number of hydrogen-bond donors (Lipinski definition) is 1. The van der Waals surface area contributed by atoms with Crippen LogP contribution in [0.25, 0.3) is 0 Å². The standard InChI is InChI=1S/C3H9O2P.H2O.Ti/c1-3(2)6(4)5;;/h3,6H,1-2H3,(H,4,5);1H2;. The zero-order valence-electron chi connectivity index (χ0n) is 4.93. The van der Waals surface area contributed by atoms with Gasteiger partial charge in [0.2, 0.25) is 0 Å². The van der Waals surface area contributed by atoms with Crippen LogP contribution in [0.1, 0.15) is 13.8 Å². The van der Waals surface area contributed by atoms with Gasteiger partial charge in [0.15, 0.2) is 8.03 Å². The molecule has 0 aromatic carbocycles. The Balaban J connectivity index is -0.000000125. The van der Waals surface area contributed by atoms with Crippen molar-refractivity contribution < 1.29 is 36.7 Å². The molecule has 3 nitrogen and oxygen atoms in total. The summed E-state index contributed by atoms with van der Waals surface area (Å²) in [6.07, 6.45) is 0. The van der Waals surface area contributed by atoms with Gasteiger partial charge in [0, 0.05) is 27.4 Å². The molecule has 0 radical (unpaired) electrons. The molecule has 0 fully saturated rings. The number of hydrogen-bond acceptors (Lipinski definition) is 1. The fourth-order valence-corrected chi connectivity index (χ4v) is 0. The van der Waals surface area contributed by atoms with Crippen molar-refractivity contribution in [3.63, 3.8) is 0 Å². The van der Waals surface area contributed by atoms with Crippen molar-refractivity contribution in [2.75, 3.05) is 0 Å². The van der Waals surface area contributed by atoms with Crippen LogP contribution < -0.4 is 0 Å². The molecular formula is C3H11O3PTi. The molecule has 0 aromatic heterocycles. The van der Waals surface area contributed by atoms with Gasteiger partial charge in [0.25, 0.3) is 0 Å². The minimum Gasteiger partial charge on any atom is -0.412 e. The summed E-state index contributed by atoms with van der Waals surface area (Å²) in [6, 6.07) is 0. The molecule has 50 valence electrons. The summed E-state index contributed by atoms with van der Waals surface area (Å²) >= 11 is 0. The van der Waals surface area contributed by atoms with Gasteiger partial charge < -0.3 is 10.4 Å². The maximum Gasteiger partial charge on any atom is 0.191 e. The zero-order chi connectivity index (χ0) is 5.15. The third kappa shape index (κ3) is 9.98. The molecule has 1 unspecified atom stereocenters. The van der Waals surface area contributed by atoms with E-state index in [1.54, 1.807) is 13.8 Å². The Labute approximate surface area is 64.5 Å². The smallest absolute Gasteiger partial charge is 0.191 e. The van der Waals surface area contributed by atoms with E-state index >= 15 is 0 Å². The molecule has 0 aromatic rings. The first-order valence-electron chi connectivity index (χ1n) is 1.87. The summed E-state index contributed by atoms with van der Waals surface area (Å²) in [5.74, 6) is 0. The fraction of sp³-hybridized carbons (Fsp3) is 1.00. The van der Waals surface area contributed by atoms with Gasteiger partial charge in [-0.05, 0) is 0 Å². The SMILES string of the molecule is CC(C)[PH](=O)O.O.[Ti]. The average Bonchev–Trinajstić information content (AvgIpc) is 1.36. The predicted octanol–water partition coefficient (Wildman–Crippen LogP) is 0.0346. The topological polar surface area (TPSA) is 68.8 Å². The van der Waals surface area contributed by atoms with Gasteiger partial charge in [-0.25, -0.2) is 0 Å². The van der Waals surface area contributed by atoms with Crippen LogP contribution in [0.4, 0.5) is 0 Å². The van der Waals surface area contributed by atoms with E-state index in [0.717, 1.165) is 0 Å². The molecule has 0 spiro atoms. The molecule has 0 aliphatic carbocycles. The largest absolute Gasteiger partial charge is 0.412 e. The van der Waals surface area contributed by atoms with Crippen molar-refractivity contribution in [2.24, 2.45) is 0 Å². The minimum absolute atomic E-state index is 0. The molecule has 0 amide bonds. The van der Waals surface area contributed by atoms with Gasteiger partial charge in [-0.15, -0.1) is 0 Å². The molecule has 8 heavy (non-hydrogen) atoms. The summed E-state index contributed by atoms with van der Waals surface area (Å²) in [5, 5.41) is 0. The Morgan fingerprint density at radius 1 is 1.50 bits per heavy atom. The molecule has 0 rings (SSSR count). The second-order valence-electron chi connectivity index (χ2n) is 1.49.